The highest BCUT2D eigenvalue weighted by Gasteiger charge is 2.25. The second-order valence-electron chi connectivity index (χ2n) is 8.85. The fourth-order valence-corrected chi connectivity index (χ4v) is 4.65. The molecule has 0 spiro atoms. The Morgan fingerprint density at radius 1 is 0.886 bits per heavy atom. The molecule has 3 aromatic carbocycles. The highest BCUT2D eigenvalue weighted by atomic mass is 35.5. The van der Waals surface area contributed by atoms with Gasteiger partial charge in [-0.25, -0.2) is 0 Å². The van der Waals surface area contributed by atoms with Crippen molar-refractivity contribution in [1.29, 1.82) is 0 Å². The number of benzene rings is 3. The third kappa shape index (κ3) is 7.21. The van der Waals surface area contributed by atoms with Gasteiger partial charge in [0.25, 0.3) is 0 Å². The van der Waals surface area contributed by atoms with Crippen LogP contribution in [0.2, 0.25) is 10.0 Å². The van der Waals surface area contributed by atoms with Gasteiger partial charge in [0.15, 0.2) is 0 Å². The van der Waals surface area contributed by atoms with E-state index in [1.54, 1.807) is 6.07 Å². The molecule has 0 bridgehead atoms. The zero-order valence-electron chi connectivity index (χ0n) is 19.7. The molecule has 2 N–H and O–H groups in total. The maximum absolute atomic E-state index is 12.9. The topological polar surface area (TPSA) is 58.8 Å². The number of hydrogen-bond donors (Lipinski definition) is 1. The van der Waals surface area contributed by atoms with Crippen molar-refractivity contribution in [2.75, 3.05) is 32.8 Å². The van der Waals surface area contributed by atoms with E-state index in [1.165, 1.54) is 5.56 Å². The summed E-state index contributed by atoms with van der Waals surface area (Å²) >= 11 is 12.5. The van der Waals surface area contributed by atoms with Crippen molar-refractivity contribution < 1.29 is 9.53 Å². The minimum absolute atomic E-state index is 0.00590. The van der Waals surface area contributed by atoms with Crippen molar-refractivity contribution >= 4 is 29.1 Å². The van der Waals surface area contributed by atoms with Crippen molar-refractivity contribution in [3.63, 3.8) is 0 Å². The van der Waals surface area contributed by atoms with Crippen molar-refractivity contribution in [3.8, 4) is 5.75 Å². The Balaban J connectivity index is 1.21. The van der Waals surface area contributed by atoms with Crippen LogP contribution in [0.1, 0.15) is 16.7 Å². The lowest BCUT2D eigenvalue weighted by atomic mass is 10.0. The van der Waals surface area contributed by atoms with Gasteiger partial charge in [-0.3, -0.25) is 9.69 Å². The Morgan fingerprint density at radius 2 is 1.60 bits per heavy atom. The van der Waals surface area contributed by atoms with Gasteiger partial charge in [0.05, 0.1) is 22.7 Å². The van der Waals surface area contributed by atoms with Crippen LogP contribution in [0.15, 0.2) is 72.8 Å². The third-order valence-corrected chi connectivity index (χ3v) is 7.17. The van der Waals surface area contributed by atoms with Crippen LogP contribution in [0.4, 0.5) is 0 Å². The number of piperazine rings is 1. The lowest BCUT2D eigenvalue weighted by Gasteiger charge is -2.36. The SMILES string of the molecule is NC(Cc1ccc(OCCc2ccccc2)cc1)C(=O)N1CCN(Cc2cccc(Cl)c2Cl)CC1. The Bertz CT molecular complexity index is 1100. The number of nitrogens with zero attached hydrogens (tertiary/aromatic N) is 2. The molecule has 1 heterocycles. The second kappa shape index (κ2) is 12.4. The smallest absolute Gasteiger partial charge is 0.239 e. The number of nitrogens with two attached hydrogens (primary N) is 1. The monoisotopic (exact) mass is 511 g/mol. The first kappa shape index (κ1) is 25.5. The summed E-state index contributed by atoms with van der Waals surface area (Å²) in [5.41, 5.74) is 9.57. The minimum atomic E-state index is -0.561. The molecule has 1 atom stereocenters. The van der Waals surface area contributed by atoms with Crippen LogP contribution in [0.3, 0.4) is 0 Å². The summed E-state index contributed by atoms with van der Waals surface area (Å²) < 4.78 is 5.85. The largest absolute Gasteiger partial charge is 0.493 e. The Morgan fingerprint density at radius 3 is 2.31 bits per heavy atom. The van der Waals surface area contributed by atoms with Crippen LogP contribution >= 0.6 is 23.2 Å². The fraction of sp³-hybridized carbons (Fsp3) is 0.321. The van der Waals surface area contributed by atoms with Crippen molar-refractivity contribution in [2.45, 2.75) is 25.4 Å². The van der Waals surface area contributed by atoms with Gasteiger partial charge in [0.2, 0.25) is 5.91 Å². The van der Waals surface area contributed by atoms with Crippen LogP contribution in [-0.2, 0) is 24.2 Å². The average Bonchev–Trinajstić information content (AvgIpc) is 2.88. The van der Waals surface area contributed by atoms with Gasteiger partial charge in [-0.05, 0) is 41.3 Å². The molecule has 0 aliphatic carbocycles. The molecule has 3 aromatic rings. The summed E-state index contributed by atoms with van der Waals surface area (Å²) in [5, 5.41) is 1.16. The number of rotatable bonds is 9. The summed E-state index contributed by atoms with van der Waals surface area (Å²) in [6.07, 6.45) is 1.36. The van der Waals surface area contributed by atoms with Gasteiger partial charge in [0, 0.05) is 39.1 Å². The van der Waals surface area contributed by atoms with E-state index in [4.69, 9.17) is 33.7 Å². The lowest BCUT2D eigenvalue weighted by Crippen LogP contribution is -2.53. The molecule has 0 aromatic heterocycles. The molecule has 1 aliphatic heterocycles. The summed E-state index contributed by atoms with van der Waals surface area (Å²) in [6.45, 7) is 4.19. The molecule has 1 fully saturated rings. The zero-order chi connectivity index (χ0) is 24.6. The molecule has 1 amide bonds. The molecule has 1 aliphatic rings. The quantitative estimate of drug-likeness (QED) is 0.446. The number of ether oxygens (including phenoxy) is 1. The summed E-state index contributed by atoms with van der Waals surface area (Å²) in [5.74, 6) is 0.814. The average molecular weight is 512 g/mol. The van der Waals surface area contributed by atoms with Gasteiger partial charge in [-0.2, -0.15) is 0 Å². The van der Waals surface area contributed by atoms with E-state index in [-0.39, 0.29) is 5.91 Å². The van der Waals surface area contributed by atoms with E-state index >= 15 is 0 Å². The first-order valence-corrected chi connectivity index (χ1v) is 12.7. The summed E-state index contributed by atoms with van der Waals surface area (Å²) in [6, 6.07) is 23.2. The van der Waals surface area contributed by atoms with E-state index in [0.717, 1.165) is 36.4 Å². The Kier molecular flexibility index (Phi) is 9.05. The maximum atomic E-state index is 12.9. The lowest BCUT2D eigenvalue weighted by molar-refractivity contribution is -0.134. The predicted molar refractivity (Wildman–Crippen MR) is 142 cm³/mol. The summed E-state index contributed by atoms with van der Waals surface area (Å²) in [7, 11) is 0. The number of carbonyl (C=O) groups excluding carboxylic acids is 1. The van der Waals surface area contributed by atoms with E-state index in [2.05, 4.69) is 17.0 Å². The van der Waals surface area contributed by atoms with Gasteiger partial charge in [0.1, 0.15) is 5.75 Å². The standard InChI is InChI=1S/C28H31Cl2N3O2/c29-25-8-4-7-23(27(25)30)20-32-14-16-33(17-15-32)28(34)26(31)19-22-9-11-24(12-10-22)35-18-13-21-5-2-1-3-6-21/h1-12,26H,13-20,31H2. The molecular weight excluding hydrogens is 481 g/mol. The number of hydrogen-bond acceptors (Lipinski definition) is 4. The number of halogens is 2. The third-order valence-electron chi connectivity index (χ3n) is 6.31. The molecule has 0 radical (unpaired) electrons. The molecule has 0 saturated carbocycles. The Labute approximate surface area is 217 Å². The number of carbonyl (C=O) groups is 1. The molecule has 35 heavy (non-hydrogen) atoms. The van der Waals surface area contributed by atoms with Crippen molar-refractivity contribution in [1.82, 2.24) is 9.80 Å². The minimum Gasteiger partial charge on any atom is -0.493 e. The molecule has 7 heteroatoms. The Hall–Kier alpha value is -2.57. The number of amides is 1. The molecule has 4 rings (SSSR count). The maximum Gasteiger partial charge on any atom is 0.239 e. The summed E-state index contributed by atoms with van der Waals surface area (Å²) in [4.78, 5) is 17.1. The van der Waals surface area contributed by atoms with Gasteiger partial charge >= 0.3 is 0 Å². The van der Waals surface area contributed by atoms with E-state index in [1.807, 2.05) is 59.5 Å². The molecule has 1 unspecified atom stereocenters. The van der Waals surface area contributed by atoms with Gasteiger partial charge in [-0.15, -0.1) is 0 Å². The highest BCUT2D eigenvalue weighted by Crippen LogP contribution is 2.26. The molecule has 184 valence electrons. The molecule has 5 nitrogen and oxygen atoms in total. The van der Waals surface area contributed by atoms with E-state index in [0.29, 0.717) is 42.7 Å². The van der Waals surface area contributed by atoms with Crippen LogP contribution in [0, 0.1) is 0 Å². The normalized spacial score (nSPS) is 15.1. The molecular formula is C28H31Cl2N3O2. The zero-order valence-corrected chi connectivity index (χ0v) is 21.2. The van der Waals surface area contributed by atoms with Crippen LogP contribution in [0.25, 0.3) is 0 Å². The van der Waals surface area contributed by atoms with Crippen LogP contribution in [0.5, 0.6) is 5.75 Å². The van der Waals surface area contributed by atoms with Crippen molar-refractivity contribution in [3.05, 3.63) is 99.5 Å². The van der Waals surface area contributed by atoms with Crippen molar-refractivity contribution in [2.24, 2.45) is 5.73 Å². The first-order chi connectivity index (χ1) is 17.0. The molecule has 1 saturated heterocycles. The predicted octanol–water partition coefficient (Wildman–Crippen LogP) is 4.83. The van der Waals surface area contributed by atoms with E-state index < -0.39 is 6.04 Å². The van der Waals surface area contributed by atoms with Crippen LogP contribution < -0.4 is 10.5 Å². The second-order valence-corrected chi connectivity index (χ2v) is 9.64. The van der Waals surface area contributed by atoms with E-state index in [9.17, 15) is 4.79 Å². The van der Waals surface area contributed by atoms with Gasteiger partial charge < -0.3 is 15.4 Å². The van der Waals surface area contributed by atoms with Gasteiger partial charge in [-0.1, -0.05) is 77.8 Å². The van der Waals surface area contributed by atoms with Crippen LogP contribution in [-0.4, -0.2) is 54.5 Å². The fourth-order valence-electron chi connectivity index (χ4n) is 4.27. The first-order valence-electron chi connectivity index (χ1n) is 11.9. The highest BCUT2D eigenvalue weighted by molar-refractivity contribution is 6.42.